The molecule has 0 bridgehead atoms. The van der Waals surface area contributed by atoms with Gasteiger partial charge < -0.3 is 0 Å². The molecule has 2 aromatic rings. The van der Waals surface area contributed by atoms with Gasteiger partial charge in [0.15, 0.2) is 0 Å². The average Bonchev–Trinajstić information content (AvgIpc) is 3.32. The summed E-state index contributed by atoms with van der Waals surface area (Å²) in [5.74, 6) is -0.222. The zero-order valence-electron chi connectivity index (χ0n) is 17.8. The minimum absolute atomic E-state index is 0.0955. The number of para-hydroxylation sites is 1. The van der Waals surface area contributed by atoms with Crippen LogP contribution in [0.4, 0.5) is 4.39 Å². The molecule has 0 unspecified atom stereocenters. The third kappa shape index (κ3) is 4.58. The lowest BCUT2D eigenvalue weighted by Crippen LogP contribution is -2.46. The molecule has 0 amide bonds. The van der Waals surface area contributed by atoms with E-state index in [0.717, 1.165) is 0 Å². The van der Waals surface area contributed by atoms with Crippen LogP contribution < -0.4 is 0 Å². The van der Waals surface area contributed by atoms with Gasteiger partial charge in [-0.15, -0.1) is 0 Å². The largest absolute Gasteiger partial charge is 0.339 e. The van der Waals surface area contributed by atoms with E-state index in [4.69, 9.17) is 4.18 Å². The normalized spacial score (nSPS) is 26.4. The van der Waals surface area contributed by atoms with Crippen molar-refractivity contribution in [3.8, 4) is 5.69 Å². The summed E-state index contributed by atoms with van der Waals surface area (Å²) in [5, 5.41) is 4.35. The number of rotatable bonds is 6. The molecule has 1 aliphatic carbocycles. The summed E-state index contributed by atoms with van der Waals surface area (Å²) in [6.07, 6.45) is 4.43. The van der Waals surface area contributed by atoms with Gasteiger partial charge in [0.2, 0.25) is 0 Å². The average molecular weight is 450 g/mol. The summed E-state index contributed by atoms with van der Waals surface area (Å²) in [6.45, 7) is 4.19. The van der Waals surface area contributed by atoms with Crippen LogP contribution >= 0.6 is 0 Å². The number of hydrogen-bond donors (Lipinski definition) is 0. The summed E-state index contributed by atoms with van der Waals surface area (Å²) in [6, 6.07) is 7.82. The summed E-state index contributed by atoms with van der Waals surface area (Å²) < 4.78 is 46.8. The third-order valence-corrected chi connectivity index (χ3v) is 7.87. The van der Waals surface area contributed by atoms with E-state index in [-0.39, 0.29) is 48.5 Å². The molecule has 1 saturated carbocycles. The zero-order valence-corrected chi connectivity index (χ0v) is 18.6. The van der Waals surface area contributed by atoms with Crippen LogP contribution in [0.15, 0.2) is 36.5 Å². The van der Waals surface area contributed by atoms with Crippen LogP contribution in [-0.2, 0) is 25.7 Å². The SMILES string of the molecule is CC(C)[C@H]1COS(=O)(=O)N1C1CCC(C(=O)Cc2ccn(-c3ccccc3F)n2)CC1. The van der Waals surface area contributed by atoms with Gasteiger partial charge in [-0.05, 0) is 49.8 Å². The lowest BCUT2D eigenvalue weighted by Gasteiger charge is -2.36. The van der Waals surface area contributed by atoms with Gasteiger partial charge in [-0.1, -0.05) is 26.0 Å². The van der Waals surface area contributed by atoms with Gasteiger partial charge in [-0.2, -0.15) is 17.8 Å². The van der Waals surface area contributed by atoms with Crippen LogP contribution in [-0.4, -0.2) is 47.0 Å². The van der Waals surface area contributed by atoms with Gasteiger partial charge in [0, 0.05) is 18.2 Å². The molecule has 2 fully saturated rings. The Balaban J connectivity index is 1.36. The van der Waals surface area contributed by atoms with E-state index < -0.39 is 10.3 Å². The number of halogens is 1. The monoisotopic (exact) mass is 449 g/mol. The Morgan fingerprint density at radius 1 is 1.19 bits per heavy atom. The van der Waals surface area contributed by atoms with E-state index >= 15 is 0 Å². The Hall–Kier alpha value is -2.10. The lowest BCUT2D eigenvalue weighted by molar-refractivity contribution is -0.123. The second-order valence-corrected chi connectivity index (χ2v) is 10.2. The molecule has 1 atom stereocenters. The Bertz CT molecular complexity index is 1040. The minimum Gasteiger partial charge on any atom is -0.299 e. The quantitative estimate of drug-likeness (QED) is 0.676. The van der Waals surface area contributed by atoms with Gasteiger partial charge >= 0.3 is 10.3 Å². The van der Waals surface area contributed by atoms with Crippen LogP contribution in [0.3, 0.4) is 0 Å². The van der Waals surface area contributed by atoms with E-state index in [1.807, 2.05) is 13.8 Å². The van der Waals surface area contributed by atoms with E-state index in [1.54, 1.807) is 30.5 Å². The van der Waals surface area contributed by atoms with Gasteiger partial charge in [-0.25, -0.2) is 9.07 Å². The number of aromatic nitrogens is 2. The van der Waals surface area contributed by atoms with Crippen molar-refractivity contribution < 1.29 is 21.8 Å². The molecule has 7 nitrogen and oxygen atoms in total. The van der Waals surface area contributed by atoms with Gasteiger partial charge in [0.25, 0.3) is 0 Å². The first kappa shape index (κ1) is 22.1. The molecule has 9 heteroatoms. The summed E-state index contributed by atoms with van der Waals surface area (Å²) >= 11 is 0. The van der Waals surface area contributed by atoms with Crippen LogP contribution in [0, 0.1) is 17.7 Å². The maximum absolute atomic E-state index is 14.0. The van der Waals surface area contributed by atoms with Crippen molar-refractivity contribution in [2.24, 2.45) is 11.8 Å². The van der Waals surface area contributed by atoms with Crippen molar-refractivity contribution in [1.29, 1.82) is 0 Å². The molecule has 0 radical (unpaired) electrons. The number of hydrogen-bond acceptors (Lipinski definition) is 5. The van der Waals surface area contributed by atoms with E-state index in [9.17, 15) is 17.6 Å². The highest BCUT2D eigenvalue weighted by molar-refractivity contribution is 7.84. The fourth-order valence-electron chi connectivity index (χ4n) is 4.60. The highest BCUT2D eigenvalue weighted by Gasteiger charge is 2.45. The number of benzene rings is 1. The predicted molar refractivity (Wildman–Crippen MR) is 113 cm³/mol. The Labute approximate surface area is 182 Å². The molecule has 2 aliphatic rings. The molecule has 168 valence electrons. The molecule has 0 spiro atoms. The van der Waals surface area contributed by atoms with Crippen molar-refractivity contribution >= 4 is 16.1 Å². The molecule has 1 saturated heterocycles. The highest BCUT2D eigenvalue weighted by Crippen LogP contribution is 2.35. The van der Waals surface area contributed by atoms with Crippen LogP contribution in [0.25, 0.3) is 5.69 Å². The van der Waals surface area contributed by atoms with Crippen molar-refractivity contribution in [2.75, 3.05) is 6.61 Å². The Morgan fingerprint density at radius 2 is 1.90 bits per heavy atom. The second-order valence-electron chi connectivity index (χ2n) is 8.74. The fraction of sp³-hybridized carbons (Fsp3) is 0.545. The maximum Gasteiger partial charge on any atom is 0.339 e. The molecular weight excluding hydrogens is 421 g/mol. The first-order chi connectivity index (χ1) is 14.8. The second kappa shape index (κ2) is 8.80. The fourth-order valence-corrected chi connectivity index (χ4v) is 6.24. The number of carbonyl (C=O) groups is 1. The van der Waals surface area contributed by atoms with E-state index in [2.05, 4.69) is 5.10 Å². The van der Waals surface area contributed by atoms with Gasteiger partial charge in [0.1, 0.15) is 17.3 Å². The molecule has 4 rings (SSSR count). The Morgan fingerprint density at radius 3 is 2.58 bits per heavy atom. The summed E-state index contributed by atoms with van der Waals surface area (Å²) in [7, 11) is -3.69. The van der Waals surface area contributed by atoms with Crippen molar-refractivity contribution in [3.05, 3.63) is 48.0 Å². The van der Waals surface area contributed by atoms with Gasteiger partial charge in [0.05, 0.1) is 24.8 Å². The van der Waals surface area contributed by atoms with Crippen molar-refractivity contribution in [3.63, 3.8) is 0 Å². The lowest BCUT2D eigenvalue weighted by atomic mass is 9.82. The van der Waals surface area contributed by atoms with Crippen molar-refractivity contribution in [1.82, 2.24) is 14.1 Å². The van der Waals surface area contributed by atoms with E-state index in [1.165, 1.54) is 15.1 Å². The third-order valence-electron chi connectivity index (χ3n) is 6.35. The minimum atomic E-state index is -3.69. The molecule has 31 heavy (non-hydrogen) atoms. The zero-order chi connectivity index (χ0) is 22.2. The molecule has 1 aliphatic heterocycles. The topological polar surface area (TPSA) is 81.5 Å². The van der Waals surface area contributed by atoms with Crippen LogP contribution in [0.1, 0.15) is 45.2 Å². The Kier molecular flexibility index (Phi) is 6.27. The number of nitrogens with zero attached hydrogens (tertiary/aromatic N) is 3. The first-order valence-corrected chi connectivity index (χ1v) is 12.1. The number of ketones is 1. The summed E-state index contributed by atoms with van der Waals surface area (Å²) in [4.78, 5) is 12.8. The number of Topliss-reactive ketones (excluding diaryl/α,β-unsaturated/α-hetero) is 1. The predicted octanol–water partition coefficient (Wildman–Crippen LogP) is 3.28. The standard InChI is InChI=1S/C22H28FN3O4S/c1-15(2)21-14-30-31(28,29)26(21)18-9-7-16(8-10-18)22(27)13-17-11-12-25(24-17)20-6-4-3-5-19(20)23/h3-6,11-12,15-16,18,21H,7-10,13-14H2,1-2H3/t16?,18?,21-/m1/s1. The maximum atomic E-state index is 14.0. The smallest absolute Gasteiger partial charge is 0.299 e. The first-order valence-electron chi connectivity index (χ1n) is 10.8. The molecule has 1 aromatic carbocycles. The molecule has 1 aromatic heterocycles. The molecular formula is C22H28FN3O4S. The number of carbonyl (C=O) groups excluding carboxylic acids is 1. The summed E-state index contributed by atoms with van der Waals surface area (Å²) in [5.41, 5.74) is 0.946. The molecule has 0 N–H and O–H groups in total. The van der Waals surface area contributed by atoms with Crippen molar-refractivity contribution in [2.45, 2.75) is 58.0 Å². The van der Waals surface area contributed by atoms with E-state index in [0.29, 0.717) is 37.1 Å². The highest BCUT2D eigenvalue weighted by atomic mass is 32.2. The molecule has 2 heterocycles. The van der Waals surface area contributed by atoms with Crippen LogP contribution in [0.2, 0.25) is 0 Å². The van der Waals surface area contributed by atoms with Gasteiger partial charge in [-0.3, -0.25) is 8.98 Å². The van der Waals surface area contributed by atoms with Crippen LogP contribution in [0.5, 0.6) is 0 Å².